The molecule has 0 bridgehead atoms. The first-order chi connectivity index (χ1) is 5.95. The lowest BCUT2D eigenvalue weighted by Gasteiger charge is -1.95. The zero-order chi connectivity index (χ0) is 8.23. The van der Waals surface area contributed by atoms with E-state index in [0.717, 1.165) is 6.42 Å². The van der Waals surface area contributed by atoms with Gasteiger partial charge in [-0.2, -0.15) is 0 Å². The van der Waals surface area contributed by atoms with Crippen LogP contribution in [0.3, 0.4) is 0 Å². The molecule has 1 N–H and O–H groups in total. The van der Waals surface area contributed by atoms with Crippen LogP contribution in [0, 0.1) is 6.20 Å². The molecule has 1 aromatic carbocycles. The van der Waals surface area contributed by atoms with E-state index in [4.69, 9.17) is 0 Å². The minimum atomic E-state index is 0.963. The van der Waals surface area contributed by atoms with Gasteiger partial charge in [0.05, 0.1) is 6.20 Å². The van der Waals surface area contributed by atoms with Crippen molar-refractivity contribution in [3.63, 3.8) is 0 Å². The number of nitrogens with one attached hydrogen (secondary N) is 1. The molecule has 1 radical (unpaired) electrons. The first-order valence-electron chi connectivity index (χ1n) is 4.03. The molecule has 0 unspecified atom stereocenters. The molecule has 0 amide bonds. The Morgan fingerprint density at radius 1 is 1.08 bits per heavy atom. The fraction of sp³-hybridized carbons (Fsp3) is 0.0909. The van der Waals surface area contributed by atoms with E-state index in [-0.39, 0.29) is 0 Å². The topological polar surface area (TPSA) is 15.8 Å². The summed E-state index contributed by atoms with van der Waals surface area (Å²) >= 11 is 0. The number of aromatic nitrogens is 1. The van der Waals surface area contributed by atoms with Gasteiger partial charge in [0.1, 0.15) is 0 Å². The van der Waals surface area contributed by atoms with Crippen molar-refractivity contribution in [2.24, 2.45) is 0 Å². The Balaban J connectivity index is 2.15. The second kappa shape index (κ2) is 3.26. The Morgan fingerprint density at radius 2 is 1.92 bits per heavy atom. The van der Waals surface area contributed by atoms with Crippen LogP contribution in [-0.2, 0) is 6.42 Å². The molecule has 1 aromatic heterocycles. The predicted molar refractivity (Wildman–Crippen MR) is 48.9 cm³/mol. The van der Waals surface area contributed by atoms with Gasteiger partial charge >= 0.3 is 0 Å². The lowest BCUT2D eigenvalue weighted by atomic mass is 10.1. The van der Waals surface area contributed by atoms with E-state index in [1.54, 1.807) is 0 Å². The van der Waals surface area contributed by atoms with Gasteiger partial charge in [0.15, 0.2) is 0 Å². The summed E-state index contributed by atoms with van der Waals surface area (Å²) in [5, 5.41) is 0. The second-order valence-corrected chi connectivity index (χ2v) is 2.79. The SMILES string of the molecule is [c]1[nH]ccc1Cc1ccccc1. The fourth-order valence-corrected chi connectivity index (χ4v) is 1.24. The van der Waals surface area contributed by atoms with Gasteiger partial charge in [-0.15, -0.1) is 0 Å². The summed E-state index contributed by atoms with van der Waals surface area (Å²) in [7, 11) is 0. The predicted octanol–water partition coefficient (Wildman–Crippen LogP) is 2.41. The molecule has 0 spiro atoms. The zero-order valence-electron chi connectivity index (χ0n) is 6.75. The molecule has 0 aliphatic heterocycles. The molecule has 1 nitrogen and oxygen atoms in total. The third-order valence-electron chi connectivity index (χ3n) is 1.84. The largest absolute Gasteiger partial charge is 0.360 e. The van der Waals surface area contributed by atoms with E-state index < -0.39 is 0 Å². The van der Waals surface area contributed by atoms with Crippen LogP contribution < -0.4 is 0 Å². The molecule has 2 aromatic rings. The fourth-order valence-electron chi connectivity index (χ4n) is 1.24. The Kier molecular flexibility index (Phi) is 1.95. The Hall–Kier alpha value is -1.50. The van der Waals surface area contributed by atoms with Crippen LogP contribution in [0.4, 0.5) is 0 Å². The first-order valence-corrected chi connectivity index (χ1v) is 4.03. The van der Waals surface area contributed by atoms with Crippen LogP contribution in [0.1, 0.15) is 11.1 Å². The van der Waals surface area contributed by atoms with Crippen molar-refractivity contribution in [2.45, 2.75) is 6.42 Å². The van der Waals surface area contributed by atoms with Crippen molar-refractivity contribution < 1.29 is 0 Å². The highest BCUT2D eigenvalue weighted by atomic mass is 14.6. The molecule has 1 heterocycles. The van der Waals surface area contributed by atoms with E-state index in [1.807, 2.05) is 18.3 Å². The molecule has 0 saturated carbocycles. The average Bonchev–Trinajstić information content (AvgIpc) is 2.59. The highest BCUT2D eigenvalue weighted by molar-refractivity contribution is 5.22. The normalized spacial score (nSPS) is 10.0. The molecule has 1 heteroatoms. The minimum absolute atomic E-state index is 0.963. The maximum absolute atomic E-state index is 3.06. The zero-order valence-corrected chi connectivity index (χ0v) is 6.75. The number of hydrogen-bond acceptors (Lipinski definition) is 0. The number of aromatic amines is 1. The summed E-state index contributed by atoms with van der Waals surface area (Å²) in [6.45, 7) is 0. The van der Waals surface area contributed by atoms with Gasteiger partial charge in [0.25, 0.3) is 0 Å². The maximum Gasteiger partial charge on any atom is 0.0658 e. The van der Waals surface area contributed by atoms with Gasteiger partial charge in [-0.05, 0) is 23.6 Å². The monoisotopic (exact) mass is 156 g/mol. The molecule has 59 valence electrons. The van der Waals surface area contributed by atoms with Crippen molar-refractivity contribution in [2.75, 3.05) is 0 Å². The van der Waals surface area contributed by atoms with Crippen molar-refractivity contribution in [1.29, 1.82) is 0 Å². The molecular formula is C11H10N. The lowest BCUT2D eigenvalue weighted by molar-refractivity contribution is 1.19. The minimum Gasteiger partial charge on any atom is -0.360 e. The van der Waals surface area contributed by atoms with Gasteiger partial charge in [0, 0.05) is 6.20 Å². The Morgan fingerprint density at radius 3 is 2.58 bits per heavy atom. The number of benzene rings is 1. The van der Waals surface area contributed by atoms with Gasteiger partial charge in [-0.25, -0.2) is 0 Å². The summed E-state index contributed by atoms with van der Waals surface area (Å²) in [6.07, 6.45) is 5.92. The Labute approximate surface area is 72.1 Å². The van der Waals surface area contributed by atoms with Crippen LogP contribution >= 0.6 is 0 Å². The van der Waals surface area contributed by atoms with Gasteiger partial charge in [-0.1, -0.05) is 30.3 Å². The standard InChI is InChI=1S/C11H10N/c1-2-4-10(5-3-1)8-11-6-7-12-9-11/h1-7,12H,8H2. The molecule has 12 heavy (non-hydrogen) atoms. The van der Waals surface area contributed by atoms with E-state index >= 15 is 0 Å². The number of H-pyrrole nitrogens is 1. The Bertz CT molecular complexity index is 321. The smallest absolute Gasteiger partial charge is 0.0658 e. The molecule has 0 fully saturated rings. The van der Waals surface area contributed by atoms with E-state index in [2.05, 4.69) is 35.4 Å². The second-order valence-electron chi connectivity index (χ2n) is 2.79. The third-order valence-corrected chi connectivity index (χ3v) is 1.84. The van der Waals surface area contributed by atoms with Crippen LogP contribution in [0.5, 0.6) is 0 Å². The van der Waals surface area contributed by atoms with E-state index in [1.165, 1.54) is 11.1 Å². The van der Waals surface area contributed by atoms with Crippen LogP contribution in [0.15, 0.2) is 42.6 Å². The molecule has 0 aliphatic rings. The summed E-state index contributed by atoms with van der Waals surface area (Å²) in [4.78, 5) is 2.92. The van der Waals surface area contributed by atoms with Crippen LogP contribution in [0.25, 0.3) is 0 Å². The molecular weight excluding hydrogens is 146 g/mol. The molecule has 0 saturated heterocycles. The van der Waals surface area contributed by atoms with E-state index in [9.17, 15) is 0 Å². The average molecular weight is 156 g/mol. The van der Waals surface area contributed by atoms with Gasteiger partial charge in [-0.3, -0.25) is 0 Å². The summed E-state index contributed by atoms with van der Waals surface area (Å²) in [6, 6.07) is 12.4. The van der Waals surface area contributed by atoms with Crippen molar-refractivity contribution in [1.82, 2.24) is 4.98 Å². The van der Waals surface area contributed by atoms with Crippen molar-refractivity contribution in [3.05, 3.63) is 59.9 Å². The summed E-state index contributed by atoms with van der Waals surface area (Å²) < 4.78 is 0. The first kappa shape index (κ1) is 7.17. The quantitative estimate of drug-likeness (QED) is 0.687. The van der Waals surface area contributed by atoms with E-state index in [0.29, 0.717) is 0 Å². The summed E-state index contributed by atoms with van der Waals surface area (Å²) in [5.74, 6) is 0. The number of hydrogen-bond donors (Lipinski definition) is 1. The highest BCUT2D eigenvalue weighted by Gasteiger charge is 1.94. The number of rotatable bonds is 2. The van der Waals surface area contributed by atoms with Crippen molar-refractivity contribution >= 4 is 0 Å². The molecule has 0 atom stereocenters. The molecule has 2 rings (SSSR count). The molecule has 0 aliphatic carbocycles. The maximum atomic E-state index is 3.06. The third kappa shape index (κ3) is 1.56. The lowest BCUT2D eigenvalue weighted by Crippen LogP contribution is -1.83. The highest BCUT2D eigenvalue weighted by Crippen LogP contribution is 2.06. The van der Waals surface area contributed by atoms with Crippen LogP contribution in [-0.4, -0.2) is 4.98 Å². The van der Waals surface area contributed by atoms with Gasteiger partial charge < -0.3 is 4.98 Å². The van der Waals surface area contributed by atoms with Crippen LogP contribution in [0.2, 0.25) is 0 Å². The summed E-state index contributed by atoms with van der Waals surface area (Å²) in [5.41, 5.74) is 2.54. The van der Waals surface area contributed by atoms with Crippen molar-refractivity contribution in [3.8, 4) is 0 Å². The van der Waals surface area contributed by atoms with Gasteiger partial charge in [0.2, 0.25) is 0 Å².